The highest BCUT2D eigenvalue weighted by Gasteiger charge is 2.13. The number of nitrogens with zero attached hydrogens (tertiary/aromatic N) is 4. The number of guanidine groups is 1. The van der Waals surface area contributed by atoms with Gasteiger partial charge in [-0.15, -0.1) is 40.8 Å². The number of aromatic nitrogens is 3. The predicted octanol–water partition coefficient (Wildman–Crippen LogP) is 1.91. The molecule has 2 N–H and O–H groups in total. The molecule has 2 heterocycles. The molecule has 1 aliphatic rings. The van der Waals surface area contributed by atoms with Gasteiger partial charge in [0.25, 0.3) is 0 Å². The minimum Gasteiger partial charge on any atom is -0.356 e. The van der Waals surface area contributed by atoms with Crippen molar-refractivity contribution in [1.82, 2.24) is 25.4 Å². The van der Waals surface area contributed by atoms with Gasteiger partial charge in [0.15, 0.2) is 5.96 Å². The fraction of sp³-hybridized carbons (Fsp3) is 0.667. The quantitative estimate of drug-likeness (QED) is 0.244. The number of aliphatic imine (C=N–C) groups is 1. The zero-order valence-electron chi connectivity index (χ0n) is 13.3. The zero-order valence-corrected chi connectivity index (χ0v) is 15.7. The van der Waals surface area contributed by atoms with Gasteiger partial charge < -0.3 is 15.2 Å². The average Bonchev–Trinajstić information content (AvgIpc) is 2.73. The van der Waals surface area contributed by atoms with Gasteiger partial charge in [0, 0.05) is 39.5 Å². The highest BCUT2D eigenvalue weighted by Crippen LogP contribution is 2.15. The van der Waals surface area contributed by atoms with Gasteiger partial charge in [-0.25, -0.2) is 0 Å². The second-order valence-electron chi connectivity index (χ2n) is 5.27. The van der Waals surface area contributed by atoms with Crippen LogP contribution in [0.1, 0.15) is 37.3 Å². The summed E-state index contributed by atoms with van der Waals surface area (Å²) in [4.78, 5) is 4.16. The molecule has 1 aromatic rings. The largest absolute Gasteiger partial charge is 0.356 e. The molecule has 0 aromatic carbocycles. The fourth-order valence-corrected chi connectivity index (χ4v) is 2.57. The summed E-state index contributed by atoms with van der Waals surface area (Å²) in [5.41, 5.74) is 0. The smallest absolute Gasteiger partial charge is 0.191 e. The summed E-state index contributed by atoms with van der Waals surface area (Å²) in [5.74, 6) is 3.11. The van der Waals surface area contributed by atoms with E-state index < -0.39 is 0 Å². The van der Waals surface area contributed by atoms with E-state index in [9.17, 15) is 0 Å². The number of fused-ring (bicyclic) bond motifs is 1. The lowest BCUT2D eigenvalue weighted by Crippen LogP contribution is -2.37. The van der Waals surface area contributed by atoms with Crippen LogP contribution in [0.25, 0.3) is 0 Å². The van der Waals surface area contributed by atoms with Crippen LogP contribution >= 0.6 is 24.0 Å². The summed E-state index contributed by atoms with van der Waals surface area (Å²) in [5, 5.41) is 15.1. The van der Waals surface area contributed by atoms with Gasteiger partial charge in [0.1, 0.15) is 11.6 Å². The van der Waals surface area contributed by atoms with Crippen molar-refractivity contribution in [3.05, 3.63) is 24.3 Å². The van der Waals surface area contributed by atoms with E-state index in [1.807, 2.05) is 6.08 Å². The molecule has 0 fully saturated rings. The predicted molar refractivity (Wildman–Crippen MR) is 101 cm³/mol. The maximum Gasteiger partial charge on any atom is 0.191 e. The Hall–Kier alpha value is -1.12. The Bertz CT molecular complexity index is 482. The molecule has 0 saturated heterocycles. The fourth-order valence-electron chi connectivity index (χ4n) is 2.57. The minimum atomic E-state index is 0. The van der Waals surface area contributed by atoms with Crippen molar-refractivity contribution in [2.24, 2.45) is 4.99 Å². The first-order valence-corrected chi connectivity index (χ1v) is 7.81. The third-order valence-electron chi connectivity index (χ3n) is 3.69. The van der Waals surface area contributed by atoms with Crippen molar-refractivity contribution in [3.8, 4) is 0 Å². The number of halogens is 1. The molecule has 6 nitrogen and oxygen atoms in total. The van der Waals surface area contributed by atoms with Crippen LogP contribution in [0.5, 0.6) is 0 Å². The van der Waals surface area contributed by atoms with Crippen LogP contribution in [0.3, 0.4) is 0 Å². The Morgan fingerprint density at radius 3 is 2.95 bits per heavy atom. The van der Waals surface area contributed by atoms with E-state index in [0.717, 1.165) is 50.7 Å². The first kappa shape index (κ1) is 18.9. The van der Waals surface area contributed by atoms with Crippen molar-refractivity contribution in [1.29, 1.82) is 0 Å². The van der Waals surface area contributed by atoms with E-state index in [-0.39, 0.29) is 24.0 Å². The Labute approximate surface area is 149 Å². The van der Waals surface area contributed by atoms with Gasteiger partial charge in [-0.1, -0.05) is 12.5 Å². The van der Waals surface area contributed by atoms with E-state index in [2.05, 4.69) is 37.0 Å². The number of hydrogen-bond acceptors (Lipinski definition) is 3. The molecule has 0 bridgehead atoms. The summed E-state index contributed by atoms with van der Waals surface area (Å²) in [6.45, 7) is 6.35. The molecule has 0 saturated carbocycles. The molecule has 7 heteroatoms. The molecule has 0 aliphatic carbocycles. The SMILES string of the molecule is C=CCNC(=NC)NCCCc1nnc2n1CCCCC2.I. The van der Waals surface area contributed by atoms with Crippen molar-refractivity contribution >= 4 is 29.9 Å². The van der Waals surface area contributed by atoms with Crippen LogP contribution in [-0.4, -0.2) is 40.9 Å². The summed E-state index contributed by atoms with van der Waals surface area (Å²) < 4.78 is 2.32. The van der Waals surface area contributed by atoms with Gasteiger partial charge in [-0.3, -0.25) is 4.99 Å². The maximum absolute atomic E-state index is 4.35. The third kappa shape index (κ3) is 5.58. The van der Waals surface area contributed by atoms with Crippen molar-refractivity contribution < 1.29 is 0 Å². The molecule has 0 atom stereocenters. The minimum absolute atomic E-state index is 0. The molecule has 1 aromatic heterocycles. The Balaban J connectivity index is 0.00000242. The molecule has 2 rings (SSSR count). The number of hydrogen-bond donors (Lipinski definition) is 2. The first-order chi connectivity index (χ1) is 10.3. The average molecular weight is 418 g/mol. The number of nitrogens with one attached hydrogen (secondary N) is 2. The molecule has 22 heavy (non-hydrogen) atoms. The zero-order chi connectivity index (χ0) is 14.9. The van der Waals surface area contributed by atoms with Gasteiger partial charge in [-0.2, -0.15) is 0 Å². The molecule has 0 unspecified atom stereocenters. The van der Waals surface area contributed by atoms with Crippen LogP contribution in [-0.2, 0) is 19.4 Å². The molecule has 0 radical (unpaired) electrons. The van der Waals surface area contributed by atoms with Gasteiger partial charge in [0.05, 0.1) is 0 Å². The van der Waals surface area contributed by atoms with E-state index >= 15 is 0 Å². The number of aryl methyl sites for hydroxylation is 2. The lowest BCUT2D eigenvalue weighted by atomic mass is 10.2. The highest BCUT2D eigenvalue weighted by atomic mass is 127. The molecular formula is C15H27IN6. The maximum atomic E-state index is 4.35. The van der Waals surface area contributed by atoms with Gasteiger partial charge in [-0.05, 0) is 19.3 Å². The van der Waals surface area contributed by atoms with Crippen LogP contribution in [0.4, 0.5) is 0 Å². The van der Waals surface area contributed by atoms with Crippen LogP contribution < -0.4 is 10.6 Å². The summed E-state index contributed by atoms with van der Waals surface area (Å²) in [7, 11) is 1.77. The second kappa shape index (κ2) is 10.6. The van der Waals surface area contributed by atoms with Crippen LogP contribution in [0.2, 0.25) is 0 Å². The molecular weight excluding hydrogens is 391 g/mol. The van der Waals surface area contributed by atoms with E-state index in [1.165, 1.54) is 25.1 Å². The molecule has 0 spiro atoms. The lowest BCUT2D eigenvalue weighted by molar-refractivity contribution is 0.594. The standard InChI is InChI=1S/C15H26N6.HI/c1-3-10-17-15(16-2)18-11-7-9-14-20-19-13-8-5-4-6-12-21(13)14;/h3H,1,4-12H2,2H3,(H2,16,17,18);1H. The van der Waals surface area contributed by atoms with Crippen molar-refractivity contribution in [2.45, 2.75) is 45.1 Å². The molecule has 1 aliphatic heterocycles. The first-order valence-electron chi connectivity index (χ1n) is 7.81. The Kier molecular flexibility index (Phi) is 9.10. The summed E-state index contributed by atoms with van der Waals surface area (Å²) in [6.07, 6.45) is 8.65. The van der Waals surface area contributed by atoms with Crippen molar-refractivity contribution in [3.63, 3.8) is 0 Å². The number of rotatable bonds is 6. The highest BCUT2D eigenvalue weighted by molar-refractivity contribution is 14.0. The monoisotopic (exact) mass is 418 g/mol. The van der Waals surface area contributed by atoms with E-state index in [0.29, 0.717) is 0 Å². The second-order valence-corrected chi connectivity index (χ2v) is 5.27. The summed E-state index contributed by atoms with van der Waals surface area (Å²) in [6, 6.07) is 0. The topological polar surface area (TPSA) is 67.1 Å². The van der Waals surface area contributed by atoms with Crippen molar-refractivity contribution in [2.75, 3.05) is 20.1 Å². The molecule has 0 amide bonds. The molecule has 124 valence electrons. The Morgan fingerprint density at radius 1 is 1.32 bits per heavy atom. The lowest BCUT2D eigenvalue weighted by Gasteiger charge is -2.10. The van der Waals surface area contributed by atoms with Crippen LogP contribution in [0.15, 0.2) is 17.6 Å². The van der Waals surface area contributed by atoms with Gasteiger partial charge in [0.2, 0.25) is 0 Å². The Morgan fingerprint density at radius 2 is 2.18 bits per heavy atom. The summed E-state index contributed by atoms with van der Waals surface area (Å²) >= 11 is 0. The van der Waals surface area contributed by atoms with Crippen LogP contribution in [0, 0.1) is 0 Å². The van der Waals surface area contributed by atoms with E-state index in [4.69, 9.17) is 0 Å². The van der Waals surface area contributed by atoms with Gasteiger partial charge >= 0.3 is 0 Å². The van der Waals surface area contributed by atoms with E-state index in [1.54, 1.807) is 7.05 Å². The third-order valence-corrected chi connectivity index (χ3v) is 3.69. The normalized spacial score (nSPS) is 14.5.